The van der Waals surface area contributed by atoms with E-state index < -0.39 is 0 Å². The molecule has 0 saturated carbocycles. The first-order chi connectivity index (χ1) is 12.4. The lowest BCUT2D eigenvalue weighted by atomic mass is 9.85. The van der Waals surface area contributed by atoms with Crippen molar-refractivity contribution in [1.82, 2.24) is 0 Å². The first-order valence-corrected chi connectivity index (χ1v) is 9.61. The third kappa shape index (κ3) is 3.24. The van der Waals surface area contributed by atoms with Crippen molar-refractivity contribution in [2.24, 2.45) is 4.99 Å². The Morgan fingerprint density at radius 2 is 1.85 bits per heavy atom. The van der Waals surface area contributed by atoms with E-state index in [9.17, 15) is 4.79 Å². The molecular weight excluding hydrogens is 386 g/mol. The van der Waals surface area contributed by atoms with E-state index >= 15 is 0 Å². The SMILES string of the molecule is CC1(C)Cc2ccc(Br)cc2C(CC(=O)c2cccc3ccccc23)=N1. The first-order valence-electron chi connectivity index (χ1n) is 8.81. The molecule has 0 saturated heterocycles. The Balaban J connectivity index is 1.75. The van der Waals surface area contributed by atoms with Crippen molar-refractivity contribution in [1.29, 1.82) is 0 Å². The van der Waals surface area contributed by atoms with E-state index in [0.717, 1.165) is 38.5 Å². The summed E-state index contributed by atoms with van der Waals surface area (Å²) in [6, 6.07) is 20.2. The van der Waals surface area contributed by atoms with Crippen molar-refractivity contribution < 1.29 is 4.79 Å². The van der Waals surface area contributed by atoms with Gasteiger partial charge in [-0.15, -0.1) is 0 Å². The molecule has 26 heavy (non-hydrogen) atoms. The van der Waals surface area contributed by atoms with Crippen LogP contribution in [-0.2, 0) is 6.42 Å². The van der Waals surface area contributed by atoms with Gasteiger partial charge in [0.05, 0.1) is 17.7 Å². The topological polar surface area (TPSA) is 29.4 Å². The Bertz CT molecular complexity index is 1040. The van der Waals surface area contributed by atoms with Crippen LogP contribution in [-0.4, -0.2) is 17.0 Å². The largest absolute Gasteiger partial charge is 0.294 e. The molecule has 1 aliphatic rings. The minimum absolute atomic E-state index is 0.115. The van der Waals surface area contributed by atoms with Crippen molar-refractivity contribution in [2.45, 2.75) is 32.2 Å². The fourth-order valence-electron chi connectivity index (χ4n) is 3.75. The van der Waals surface area contributed by atoms with Crippen molar-refractivity contribution in [3.8, 4) is 0 Å². The number of rotatable bonds is 3. The average Bonchev–Trinajstić information content (AvgIpc) is 2.61. The van der Waals surface area contributed by atoms with E-state index in [1.165, 1.54) is 5.56 Å². The molecule has 0 aliphatic carbocycles. The highest BCUT2D eigenvalue weighted by Crippen LogP contribution is 2.31. The Morgan fingerprint density at radius 3 is 2.69 bits per heavy atom. The summed E-state index contributed by atoms with van der Waals surface area (Å²) in [7, 11) is 0. The van der Waals surface area contributed by atoms with Crippen LogP contribution in [0.1, 0.15) is 41.8 Å². The van der Waals surface area contributed by atoms with E-state index in [1.54, 1.807) is 0 Å². The summed E-state index contributed by atoms with van der Waals surface area (Å²) in [6.07, 6.45) is 1.21. The van der Waals surface area contributed by atoms with Crippen molar-refractivity contribution in [3.63, 3.8) is 0 Å². The molecular formula is C23H20BrNO. The van der Waals surface area contributed by atoms with Crippen LogP contribution >= 0.6 is 15.9 Å². The molecule has 1 heterocycles. The lowest BCUT2D eigenvalue weighted by molar-refractivity contribution is 0.100. The zero-order valence-electron chi connectivity index (χ0n) is 14.9. The molecule has 0 amide bonds. The van der Waals surface area contributed by atoms with Gasteiger partial charge in [0.1, 0.15) is 0 Å². The van der Waals surface area contributed by atoms with Crippen LogP contribution < -0.4 is 0 Å². The highest BCUT2D eigenvalue weighted by molar-refractivity contribution is 9.10. The molecule has 0 N–H and O–H groups in total. The summed E-state index contributed by atoms with van der Waals surface area (Å²) < 4.78 is 1.02. The maximum atomic E-state index is 13.1. The third-order valence-electron chi connectivity index (χ3n) is 4.86. The minimum Gasteiger partial charge on any atom is -0.294 e. The van der Waals surface area contributed by atoms with Crippen LogP contribution in [0.3, 0.4) is 0 Å². The van der Waals surface area contributed by atoms with Gasteiger partial charge in [0.2, 0.25) is 0 Å². The molecule has 0 fully saturated rings. The van der Waals surface area contributed by atoms with Crippen molar-refractivity contribution in [2.75, 3.05) is 0 Å². The Labute approximate surface area is 162 Å². The standard InChI is InChI=1S/C23H20BrNO/c1-23(2)14-16-10-11-17(24)12-20(16)21(25-23)13-22(26)19-9-5-7-15-6-3-4-8-18(15)19/h3-12H,13-14H2,1-2H3. The average molecular weight is 406 g/mol. The molecule has 0 aromatic heterocycles. The van der Waals surface area contributed by atoms with Crippen LogP contribution in [0.2, 0.25) is 0 Å². The summed E-state index contributed by atoms with van der Waals surface area (Å²) in [5, 5.41) is 2.09. The third-order valence-corrected chi connectivity index (χ3v) is 5.35. The lowest BCUT2D eigenvalue weighted by Crippen LogP contribution is -2.30. The van der Waals surface area contributed by atoms with E-state index in [2.05, 4.69) is 48.0 Å². The molecule has 4 rings (SSSR count). The molecule has 0 spiro atoms. The number of fused-ring (bicyclic) bond motifs is 2. The number of ketones is 1. The van der Waals surface area contributed by atoms with Gasteiger partial charge in [-0.1, -0.05) is 64.5 Å². The van der Waals surface area contributed by atoms with E-state index in [4.69, 9.17) is 4.99 Å². The summed E-state index contributed by atoms with van der Waals surface area (Å²) >= 11 is 3.55. The minimum atomic E-state index is -0.185. The number of aliphatic imine (C=N–C) groups is 1. The number of Topliss-reactive ketones (excluding diaryl/α,β-unsaturated/α-hetero) is 1. The number of carbonyl (C=O) groups excluding carboxylic acids is 1. The quantitative estimate of drug-likeness (QED) is 0.491. The van der Waals surface area contributed by atoms with Crippen LogP contribution in [0.15, 0.2) is 70.1 Å². The number of hydrogen-bond acceptors (Lipinski definition) is 2. The zero-order chi connectivity index (χ0) is 18.3. The van der Waals surface area contributed by atoms with Gasteiger partial charge in [0.25, 0.3) is 0 Å². The molecule has 3 heteroatoms. The smallest absolute Gasteiger partial charge is 0.169 e. The fourth-order valence-corrected chi connectivity index (χ4v) is 4.11. The Kier molecular flexibility index (Phi) is 4.28. The highest BCUT2D eigenvalue weighted by atomic mass is 79.9. The molecule has 3 aromatic carbocycles. The van der Waals surface area contributed by atoms with Gasteiger partial charge in [0, 0.05) is 15.6 Å². The summed E-state index contributed by atoms with van der Waals surface area (Å²) in [5.74, 6) is 0.115. The van der Waals surface area contributed by atoms with Crippen molar-refractivity contribution in [3.05, 3.63) is 81.8 Å². The van der Waals surface area contributed by atoms with Gasteiger partial charge < -0.3 is 0 Å². The van der Waals surface area contributed by atoms with E-state index in [1.807, 2.05) is 42.5 Å². The van der Waals surface area contributed by atoms with Crippen molar-refractivity contribution >= 4 is 38.2 Å². The summed E-state index contributed by atoms with van der Waals surface area (Å²) in [6.45, 7) is 4.25. The van der Waals surface area contributed by atoms with E-state index in [0.29, 0.717) is 6.42 Å². The zero-order valence-corrected chi connectivity index (χ0v) is 16.5. The molecule has 0 radical (unpaired) electrons. The Hall–Kier alpha value is -2.26. The summed E-state index contributed by atoms with van der Waals surface area (Å²) in [5.41, 5.74) is 3.82. The molecule has 0 atom stereocenters. The predicted octanol–water partition coefficient (Wildman–Crippen LogP) is 6.00. The second-order valence-electron chi connectivity index (χ2n) is 7.48. The lowest BCUT2D eigenvalue weighted by Gasteiger charge is -2.29. The van der Waals surface area contributed by atoms with Gasteiger partial charge in [-0.2, -0.15) is 0 Å². The maximum Gasteiger partial charge on any atom is 0.169 e. The molecule has 0 unspecified atom stereocenters. The first kappa shape index (κ1) is 17.2. The second kappa shape index (κ2) is 6.48. The molecule has 3 aromatic rings. The summed E-state index contributed by atoms with van der Waals surface area (Å²) in [4.78, 5) is 18.1. The number of nitrogens with zero attached hydrogens (tertiary/aromatic N) is 1. The van der Waals surface area contributed by atoms with Gasteiger partial charge in [-0.25, -0.2) is 0 Å². The maximum absolute atomic E-state index is 13.1. The monoisotopic (exact) mass is 405 g/mol. The van der Waals surface area contributed by atoms with Crippen LogP contribution in [0.5, 0.6) is 0 Å². The highest BCUT2D eigenvalue weighted by Gasteiger charge is 2.28. The number of benzene rings is 3. The van der Waals surface area contributed by atoms with Gasteiger partial charge in [0.15, 0.2) is 5.78 Å². The molecule has 1 aliphatic heterocycles. The van der Waals surface area contributed by atoms with Gasteiger partial charge >= 0.3 is 0 Å². The van der Waals surface area contributed by atoms with Crippen LogP contribution in [0, 0.1) is 0 Å². The molecule has 130 valence electrons. The van der Waals surface area contributed by atoms with Gasteiger partial charge in [-0.3, -0.25) is 9.79 Å². The molecule has 2 nitrogen and oxygen atoms in total. The predicted molar refractivity (Wildman–Crippen MR) is 111 cm³/mol. The second-order valence-corrected chi connectivity index (χ2v) is 8.39. The normalized spacial score (nSPS) is 15.4. The molecule has 0 bridgehead atoms. The van der Waals surface area contributed by atoms with Crippen LogP contribution in [0.4, 0.5) is 0 Å². The van der Waals surface area contributed by atoms with Gasteiger partial charge in [-0.05, 0) is 48.7 Å². The number of halogens is 1. The fraction of sp³-hybridized carbons (Fsp3) is 0.217. The Morgan fingerprint density at radius 1 is 1.08 bits per heavy atom. The number of carbonyl (C=O) groups is 1. The van der Waals surface area contributed by atoms with E-state index in [-0.39, 0.29) is 11.3 Å². The number of hydrogen-bond donors (Lipinski definition) is 0. The van der Waals surface area contributed by atoms with Crippen LogP contribution in [0.25, 0.3) is 10.8 Å².